The summed E-state index contributed by atoms with van der Waals surface area (Å²) >= 11 is 0. The zero-order valence-electron chi connectivity index (χ0n) is 11.0. The van der Waals surface area contributed by atoms with Gasteiger partial charge >= 0.3 is 0 Å². The molecule has 18 heavy (non-hydrogen) atoms. The van der Waals surface area contributed by atoms with Crippen LogP contribution in [0.1, 0.15) is 36.8 Å². The van der Waals surface area contributed by atoms with Crippen LogP contribution in [0.15, 0.2) is 24.3 Å². The van der Waals surface area contributed by atoms with Gasteiger partial charge in [-0.05, 0) is 62.2 Å². The first-order valence-electron chi connectivity index (χ1n) is 7.27. The first-order valence-corrected chi connectivity index (χ1v) is 7.27. The van der Waals surface area contributed by atoms with Crippen molar-refractivity contribution < 1.29 is 5.11 Å². The maximum atomic E-state index is 9.12. The Hall–Kier alpha value is -0.860. The summed E-state index contributed by atoms with van der Waals surface area (Å²) in [5, 5.41) is 12.6. The number of fused-ring (bicyclic) bond motifs is 2. The van der Waals surface area contributed by atoms with Crippen LogP contribution >= 0.6 is 0 Å². The monoisotopic (exact) mass is 245 g/mol. The van der Waals surface area contributed by atoms with Crippen molar-refractivity contribution in [2.24, 2.45) is 5.92 Å². The highest BCUT2D eigenvalue weighted by Gasteiger charge is 2.46. The predicted octanol–water partition coefficient (Wildman–Crippen LogP) is 2.25. The Morgan fingerprint density at radius 3 is 2.78 bits per heavy atom. The van der Waals surface area contributed by atoms with Crippen molar-refractivity contribution in [3.8, 4) is 0 Å². The fourth-order valence-electron chi connectivity index (χ4n) is 4.13. The second-order valence-corrected chi connectivity index (χ2v) is 5.83. The van der Waals surface area contributed by atoms with Crippen LogP contribution in [0.3, 0.4) is 0 Å². The Labute approximate surface area is 109 Å². The number of rotatable bonds is 3. The van der Waals surface area contributed by atoms with Crippen molar-refractivity contribution in [3.63, 3.8) is 0 Å². The van der Waals surface area contributed by atoms with Crippen molar-refractivity contribution in [1.82, 2.24) is 5.32 Å². The number of aliphatic hydroxyl groups is 1. The second-order valence-electron chi connectivity index (χ2n) is 5.83. The number of hydrogen-bond acceptors (Lipinski definition) is 2. The van der Waals surface area contributed by atoms with Crippen LogP contribution in [0.4, 0.5) is 0 Å². The highest BCUT2D eigenvalue weighted by molar-refractivity contribution is 5.41. The quantitative estimate of drug-likeness (QED) is 0.856. The molecule has 1 spiro atoms. The molecule has 1 aliphatic heterocycles. The van der Waals surface area contributed by atoms with E-state index in [2.05, 4.69) is 29.6 Å². The Bertz CT molecular complexity index is 409. The van der Waals surface area contributed by atoms with Crippen LogP contribution in [0, 0.1) is 5.92 Å². The van der Waals surface area contributed by atoms with Crippen molar-refractivity contribution in [2.45, 2.75) is 37.5 Å². The minimum atomic E-state index is 0.334. The summed E-state index contributed by atoms with van der Waals surface area (Å²) < 4.78 is 0. The van der Waals surface area contributed by atoms with E-state index in [0.29, 0.717) is 12.0 Å². The summed E-state index contributed by atoms with van der Waals surface area (Å²) in [5.41, 5.74) is 3.56. The van der Waals surface area contributed by atoms with E-state index in [0.717, 1.165) is 25.4 Å². The average Bonchev–Trinajstić information content (AvgIpc) is 2.72. The molecule has 2 heteroatoms. The van der Waals surface area contributed by atoms with Crippen molar-refractivity contribution in [2.75, 3.05) is 19.7 Å². The normalized spacial score (nSPS) is 25.3. The summed E-state index contributed by atoms with van der Waals surface area (Å²) in [6.45, 7) is 2.62. The minimum absolute atomic E-state index is 0.334. The molecule has 0 bridgehead atoms. The second kappa shape index (κ2) is 5.02. The van der Waals surface area contributed by atoms with Crippen molar-refractivity contribution in [1.29, 1.82) is 0 Å². The van der Waals surface area contributed by atoms with Crippen LogP contribution in [-0.2, 0) is 11.8 Å². The zero-order chi connectivity index (χ0) is 12.4. The lowest BCUT2D eigenvalue weighted by atomic mass is 9.67. The highest BCUT2D eigenvalue weighted by atomic mass is 16.2. The molecule has 1 aromatic rings. The van der Waals surface area contributed by atoms with E-state index in [1.165, 1.54) is 25.7 Å². The predicted molar refractivity (Wildman–Crippen MR) is 73.7 cm³/mol. The molecule has 0 amide bonds. The number of benzene rings is 1. The Morgan fingerprint density at radius 2 is 2.00 bits per heavy atom. The molecule has 1 unspecified atom stereocenters. The van der Waals surface area contributed by atoms with Gasteiger partial charge in [-0.3, -0.25) is 0 Å². The smallest absolute Gasteiger partial charge is 0.0431 e. The van der Waals surface area contributed by atoms with Crippen LogP contribution in [0.25, 0.3) is 0 Å². The largest absolute Gasteiger partial charge is 0.396 e. The Morgan fingerprint density at radius 1 is 1.22 bits per heavy atom. The fraction of sp³-hybridized carbons (Fsp3) is 0.625. The summed E-state index contributed by atoms with van der Waals surface area (Å²) in [4.78, 5) is 0. The molecular weight excluding hydrogens is 222 g/mol. The summed E-state index contributed by atoms with van der Waals surface area (Å²) in [6, 6.07) is 9.01. The van der Waals surface area contributed by atoms with Gasteiger partial charge in [0.25, 0.3) is 0 Å². The molecule has 3 rings (SSSR count). The maximum Gasteiger partial charge on any atom is 0.0431 e. The zero-order valence-corrected chi connectivity index (χ0v) is 11.0. The first kappa shape index (κ1) is 12.2. The van der Waals surface area contributed by atoms with Crippen molar-refractivity contribution in [3.05, 3.63) is 35.4 Å². The highest BCUT2D eigenvalue weighted by Crippen LogP contribution is 2.50. The molecule has 0 saturated carbocycles. The molecule has 1 fully saturated rings. The molecule has 98 valence electrons. The molecule has 1 saturated heterocycles. The van der Waals surface area contributed by atoms with Gasteiger partial charge < -0.3 is 10.4 Å². The first-order chi connectivity index (χ1) is 8.87. The fourth-order valence-corrected chi connectivity index (χ4v) is 4.13. The van der Waals surface area contributed by atoms with Gasteiger partial charge in [-0.1, -0.05) is 24.3 Å². The van der Waals surface area contributed by atoms with Gasteiger partial charge in [0.15, 0.2) is 0 Å². The van der Waals surface area contributed by atoms with Crippen molar-refractivity contribution >= 4 is 0 Å². The lowest BCUT2D eigenvalue weighted by Crippen LogP contribution is -2.43. The minimum Gasteiger partial charge on any atom is -0.396 e. The van der Waals surface area contributed by atoms with Gasteiger partial charge in [0.2, 0.25) is 0 Å². The third-order valence-electron chi connectivity index (χ3n) is 5.01. The van der Waals surface area contributed by atoms with E-state index < -0.39 is 0 Å². The van der Waals surface area contributed by atoms with Gasteiger partial charge in [0.1, 0.15) is 0 Å². The Kier molecular flexibility index (Phi) is 3.40. The number of aliphatic hydroxyl groups excluding tert-OH is 1. The van der Waals surface area contributed by atoms with E-state index in [1.54, 1.807) is 11.1 Å². The molecule has 1 heterocycles. The molecule has 2 aliphatic rings. The molecule has 0 aromatic heterocycles. The molecule has 1 aliphatic carbocycles. The summed E-state index contributed by atoms with van der Waals surface area (Å²) in [5.74, 6) is 0.740. The molecule has 1 aromatic carbocycles. The van der Waals surface area contributed by atoms with Crippen LogP contribution in [-0.4, -0.2) is 24.8 Å². The van der Waals surface area contributed by atoms with Gasteiger partial charge in [-0.25, -0.2) is 0 Å². The molecule has 0 radical (unpaired) electrons. The molecule has 2 nitrogen and oxygen atoms in total. The van der Waals surface area contributed by atoms with Gasteiger partial charge in [0, 0.05) is 12.0 Å². The molecule has 1 atom stereocenters. The average molecular weight is 245 g/mol. The van der Waals surface area contributed by atoms with Crippen LogP contribution in [0.2, 0.25) is 0 Å². The standard InChI is InChI=1S/C16H23NO/c18-11-3-5-14-12-13-4-1-2-6-15(13)16(14)7-9-17-10-8-16/h1-2,4,6,14,17-18H,3,5,7-12H2. The van der Waals surface area contributed by atoms with E-state index in [4.69, 9.17) is 5.11 Å². The number of nitrogens with one attached hydrogen (secondary N) is 1. The van der Waals surface area contributed by atoms with Crippen LogP contribution in [0.5, 0.6) is 0 Å². The third-order valence-corrected chi connectivity index (χ3v) is 5.01. The Balaban J connectivity index is 1.93. The molecule has 2 N–H and O–H groups in total. The van der Waals surface area contributed by atoms with Gasteiger partial charge in [-0.15, -0.1) is 0 Å². The number of piperidine rings is 1. The SMILES string of the molecule is OCCCC1Cc2ccccc2C12CCNCC2. The van der Waals surface area contributed by atoms with Gasteiger partial charge in [0.05, 0.1) is 0 Å². The van der Waals surface area contributed by atoms with E-state index in [9.17, 15) is 0 Å². The van der Waals surface area contributed by atoms with Gasteiger partial charge in [-0.2, -0.15) is 0 Å². The molecular formula is C16H23NO. The topological polar surface area (TPSA) is 32.3 Å². The summed E-state index contributed by atoms with van der Waals surface area (Å²) in [7, 11) is 0. The van der Waals surface area contributed by atoms with E-state index >= 15 is 0 Å². The number of hydrogen-bond donors (Lipinski definition) is 2. The van der Waals surface area contributed by atoms with E-state index in [-0.39, 0.29) is 0 Å². The maximum absolute atomic E-state index is 9.12. The van der Waals surface area contributed by atoms with Crippen LogP contribution < -0.4 is 5.32 Å². The lowest BCUT2D eigenvalue weighted by Gasteiger charge is -2.40. The lowest BCUT2D eigenvalue weighted by molar-refractivity contribution is 0.191. The summed E-state index contributed by atoms with van der Waals surface area (Å²) in [6.07, 6.45) is 5.87. The third kappa shape index (κ3) is 1.88. The van der Waals surface area contributed by atoms with E-state index in [1.807, 2.05) is 0 Å².